The summed E-state index contributed by atoms with van der Waals surface area (Å²) in [6.45, 7) is 1.40. The molecule has 2 rings (SSSR count). The molecule has 0 amide bonds. The summed E-state index contributed by atoms with van der Waals surface area (Å²) in [7, 11) is 0. The van der Waals surface area contributed by atoms with Crippen molar-refractivity contribution in [3.63, 3.8) is 0 Å². The van der Waals surface area contributed by atoms with E-state index in [-0.39, 0.29) is 12.5 Å². The topological polar surface area (TPSA) is 85.5 Å². The summed E-state index contributed by atoms with van der Waals surface area (Å²) in [6, 6.07) is 2.61. The Morgan fingerprint density at radius 3 is 2.62 bits per heavy atom. The maximum absolute atomic E-state index is 13.7. The van der Waals surface area contributed by atoms with Crippen molar-refractivity contribution in [3.05, 3.63) is 57.3 Å². The Hall–Kier alpha value is -2.61. The number of aromatic nitrogens is 1. The average Bonchev–Trinajstić information content (AvgIpc) is 2.44. The molecule has 6 nitrogen and oxygen atoms in total. The van der Waals surface area contributed by atoms with Crippen molar-refractivity contribution in [3.8, 4) is 11.6 Å². The van der Waals surface area contributed by atoms with E-state index in [1.54, 1.807) is 13.0 Å². The Morgan fingerprint density at radius 2 is 2.05 bits per heavy atom. The number of aryl methyl sites for hydroxylation is 1. The fourth-order valence-corrected chi connectivity index (χ4v) is 1.65. The highest BCUT2D eigenvalue weighted by Gasteiger charge is 2.20. The number of nitro benzene ring substituents is 1. The molecule has 0 atom stereocenters. The Kier molecular flexibility index (Phi) is 4.08. The van der Waals surface area contributed by atoms with Gasteiger partial charge in [-0.1, -0.05) is 0 Å². The molecular formula is C13H10F2N2O4. The molecule has 1 aromatic carbocycles. The molecular weight excluding hydrogens is 286 g/mol. The van der Waals surface area contributed by atoms with Crippen LogP contribution in [0.5, 0.6) is 11.6 Å². The van der Waals surface area contributed by atoms with Gasteiger partial charge < -0.3 is 9.84 Å². The van der Waals surface area contributed by atoms with E-state index < -0.39 is 28.0 Å². The van der Waals surface area contributed by atoms with E-state index in [9.17, 15) is 18.9 Å². The minimum Gasteiger partial charge on any atom is -0.436 e. The molecule has 0 aliphatic heterocycles. The molecule has 8 heteroatoms. The Balaban J connectivity index is 2.36. The minimum absolute atomic E-state index is 0.0133. The summed E-state index contributed by atoms with van der Waals surface area (Å²) in [5, 5.41) is 19.4. The fraction of sp³-hybridized carbons (Fsp3) is 0.154. The molecule has 1 aromatic heterocycles. The summed E-state index contributed by atoms with van der Waals surface area (Å²) in [6.07, 6.45) is 1.32. The minimum atomic E-state index is -1.21. The van der Waals surface area contributed by atoms with Gasteiger partial charge in [-0.05, 0) is 18.6 Å². The molecule has 0 spiro atoms. The van der Waals surface area contributed by atoms with Crippen molar-refractivity contribution in [2.75, 3.05) is 0 Å². The number of rotatable bonds is 4. The largest absolute Gasteiger partial charge is 0.436 e. The van der Waals surface area contributed by atoms with Crippen LogP contribution in [-0.4, -0.2) is 15.0 Å². The first kappa shape index (κ1) is 14.8. The van der Waals surface area contributed by atoms with Crippen LogP contribution in [0.4, 0.5) is 14.5 Å². The van der Waals surface area contributed by atoms with E-state index in [1.165, 1.54) is 6.20 Å². The third-order valence-electron chi connectivity index (χ3n) is 2.67. The Bertz CT molecular complexity index is 707. The number of ether oxygens (including phenoxy) is 1. The van der Waals surface area contributed by atoms with E-state index >= 15 is 0 Å². The molecule has 21 heavy (non-hydrogen) atoms. The summed E-state index contributed by atoms with van der Waals surface area (Å²) in [5.41, 5.74) is 0.0649. The molecule has 0 aliphatic rings. The number of benzene rings is 1. The van der Waals surface area contributed by atoms with Gasteiger partial charge in [-0.3, -0.25) is 10.1 Å². The monoisotopic (exact) mass is 296 g/mol. The predicted molar refractivity (Wildman–Crippen MR) is 68.0 cm³/mol. The highest BCUT2D eigenvalue weighted by atomic mass is 19.1. The lowest BCUT2D eigenvalue weighted by molar-refractivity contribution is -0.387. The number of hydrogen-bond donors (Lipinski definition) is 1. The lowest BCUT2D eigenvalue weighted by atomic mass is 10.2. The number of aliphatic hydroxyl groups is 1. The quantitative estimate of drug-likeness (QED) is 0.692. The fourth-order valence-electron chi connectivity index (χ4n) is 1.65. The molecule has 0 unspecified atom stereocenters. The van der Waals surface area contributed by atoms with E-state index in [2.05, 4.69) is 4.98 Å². The zero-order chi connectivity index (χ0) is 15.6. The third-order valence-corrected chi connectivity index (χ3v) is 2.67. The lowest BCUT2D eigenvalue weighted by Gasteiger charge is -2.09. The van der Waals surface area contributed by atoms with Gasteiger partial charge in [0.05, 0.1) is 17.6 Å². The van der Waals surface area contributed by atoms with Crippen LogP contribution in [-0.2, 0) is 6.61 Å². The molecule has 0 fully saturated rings. The molecule has 2 aromatic rings. The van der Waals surface area contributed by atoms with E-state index in [0.29, 0.717) is 23.3 Å². The number of nitrogens with zero attached hydrogens (tertiary/aromatic N) is 2. The zero-order valence-corrected chi connectivity index (χ0v) is 10.8. The van der Waals surface area contributed by atoms with Crippen molar-refractivity contribution in [1.29, 1.82) is 0 Å². The number of aliphatic hydroxyl groups excluding tert-OH is 1. The number of halogens is 2. The smallest absolute Gasteiger partial charge is 0.307 e. The van der Waals surface area contributed by atoms with Gasteiger partial charge in [0.2, 0.25) is 11.7 Å². The lowest BCUT2D eigenvalue weighted by Crippen LogP contribution is -1.99. The first-order valence-corrected chi connectivity index (χ1v) is 5.80. The van der Waals surface area contributed by atoms with Gasteiger partial charge in [0.25, 0.3) is 0 Å². The molecule has 1 heterocycles. The summed E-state index contributed by atoms with van der Waals surface area (Å²) >= 11 is 0. The second-order valence-corrected chi connectivity index (χ2v) is 4.22. The van der Waals surface area contributed by atoms with Crippen LogP contribution in [0.3, 0.4) is 0 Å². The van der Waals surface area contributed by atoms with Crippen molar-refractivity contribution in [2.45, 2.75) is 13.5 Å². The van der Waals surface area contributed by atoms with Gasteiger partial charge in [0.15, 0.2) is 11.6 Å². The van der Waals surface area contributed by atoms with E-state index in [4.69, 9.17) is 9.84 Å². The second kappa shape index (κ2) is 5.80. The van der Waals surface area contributed by atoms with E-state index in [1.807, 2.05) is 0 Å². The molecule has 0 bridgehead atoms. The highest BCUT2D eigenvalue weighted by molar-refractivity contribution is 5.41. The van der Waals surface area contributed by atoms with Gasteiger partial charge in [-0.15, -0.1) is 0 Å². The average molecular weight is 296 g/mol. The maximum Gasteiger partial charge on any atom is 0.307 e. The standard InChI is InChI=1S/C13H10F2N2O4/c1-7-2-8(6-18)5-16-13(7)21-12-4-9(14)11(17(19)20)3-10(12)15/h2-5,18H,6H2,1H3. The second-order valence-electron chi connectivity index (χ2n) is 4.22. The molecule has 0 saturated heterocycles. The highest BCUT2D eigenvalue weighted by Crippen LogP contribution is 2.30. The van der Waals surface area contributed by atoms with Gasteiger partial charge >= 0.3 is 5.69 Å². The van der Waals surface area contributed by atoms with Crippen LogP contribution in [0.25, 0.3) is 0 Å². The van der Waals surface area contributed by atoms with Crippen LogP contribution in [0.2, 0.25) is 0 Å². The summed E-state index contributed by atoms with van der Waals surface area (Å²) in [5.74, 6) is -2.78. The van der Waals surface area contributed by atoms with Crippen molar-refractivity contribution in [2.24, 2.45) is 0 Å². The van der Waals surface area contributed by atoms with Crippen molar-refractivity contribution >= 4 is 5.69 Å². The summed E-state index contributed by atoms with van der Waals surface area (Å²) in [4.78, 5) is 13.3. The van der Waals surface area contributed by atoms with Crippen LogP contribution in [0, 0.1) is 28.7 Å². The summed E-state index contributed by atoms with van der Waals surface area (Å²) < 4.78 is 32.3. The van der Waals surface area contributed by atoms with Crippen LogP contribution < -0.4 is 4.74 Å². The van der Waals surface area contributed by atoms with Crippen LogP contribution >= 0.6 is 0 Å². The molecule has 0 radical (unpaired) electrons. The van der Waals surface area contributed by atoms with Gasteiger partial charge in [0.1, 0.15) is 0 Å². The zero-order valence-electron chi connectivity index (χ0n) is 10.8. The van der Waals surface area contributed by atoms with Gasteiger partial charge in [-0.25, -0.2) is 9.37 Å². The number of pyridine rings is 1. The maximum atomic E-state index is 13.7. The normalized spacial score (nSPS) is 10.5. The number of nitro groups is 1. The number of hydrogen-bond acceptors (Lipinski definition) is 5. The Labute approximate surface area is 117 Å². The molecule has 1 N–H and O–H groups in total. The third kappa shape index (κ3) is 3.11. The van der Waals surface area contributed by atoms with E-state index in [0.717, 1.165) is 0 Å². The Morgan fingerprint density at radius 1 is 1.33 bits per heavy atom. The predicted octanol–water partition coefficient (Wildman–Crippen LogP) is 2.86. The van der Waals surface area contributed by atoms with Gasteiger partial charge in [0, 0.05) is 17.8 Å². The van der Waals surface area contributed by atoms with Gasteiger partial charge in [-0.2, -0.15) is 4.39 Å². The van der Waals surface area contributed by atoms with Crippen molar-refractivity contribution < 1.29 is 23.5 Å². The SMILES string of the molecule is Cc1cc(CO)cnc1Oc1cc(F)c([N+](=O)[O-])cc1F. The van der Waals surface area contributed by atoms with Crippen molar-refractivity contribution in [1.82, 2.24) is 4.98 Å². The molecule has 110 valence electrons. The first-order chi connectivity index (χ1) is 9.92. The molecule has 0 saturated carbocycles. The van der Waals surface area contributed by atoms with Crippen LogP contribution in [0.1, 0.15) is 11.1 Å². The first-order valence-electron chi connectivity index (χ1n) is 5.80. The molecule has 0 aliphatic carbocycles. The van der Waals surface area contributed by atoms with Crippen LogP contribution in [0.15, 0.2) is 24.4 Å².